The molecule has 0 bridgehead atoms. The number of furan rings is 1. The van der Waals surface area contributed by atoms with Crippen LogP contribution < -0.4 is 5.73 Å². The van der Waals surface area contributed by atoms with Gasteiger partial charge in [0.05, 0.1) is 11.7 Å². The third-order valence-corrected chi connectivity index (χ3v) is 2.96. The number of aliphatic carboxylic acids is 1. The molecule has 4 nitrogen and oxygen atoms in total. The number of rotatable bonds is 3. The van der Waals surface area contributed by atoms with Crippen molar-refractivity contribution in [1.29, 1.82) is 0 Å². The van der Waals surface area contributed by atoms with Gasteiger partial charge in [0.2, 0.25) is 0 Å². The van der Waals surface area contributed by atoms with Gasteiger partial charge in [-0.2, -0.15) is 0 Å². The van der Waals surface area contributed by atoms with Crippen LogP contribution in [0, 0.1) is 6.92 Å². The summed E-state index contributed by atoms with van der Waals surface area (Å²) in [5.74, 6) is -0.217. The highest BCUT2D eigenvalue weighted by atomic mass is 16.4. The average molecular weight is 195 g/mol. The number of carboxylic acids is 1. The third-order valence-electron chi connectivity index (χ3n) is 2.96. The molecule has 76 valence electrons. The maximum atomic E-state index is 10.8. The van der Waals surface area contributed by atoms with Gasteiger partial charge in [-0.3, -0.25) is 4.79 Å². The lowest BCUT2D eigenvalue weighted by molar-refractivity contribution is -0.139. The van der Waals surface area contributed by atoms with Crippen LogP contribution in [0.15, 0.2) is 16.7 Å². The fraction of sp³-hybridized carbons (Fsp3) is 0.500. The van der Waals surface area contributed by atoms with E-state index in [4.69, 9.17) is 15.3 Å². The van der Waals surface area contributed by atoms with E-state index in [-0.39, 0.29) is 0 Å². The summed E-state index contributed by atoms with van der Waals surface area (Å²) < 4.78 is 5.32. The summed E-state index contributed by atoms with van der Waals surface area (Å²) >= 11 is 0. The van der Waals surface area contributed by atoms with E-state index in [2.05, 4.69) is 0 Å². The van der Waals surface area contributed by atoms with Crippen molar-refractivity contribution in [2.24, 2.45) is 5.73 Å². The molecule has 2 rings (SSSR count). The summed E-state index contributed by atoms with van der Waals surface area (Å²) in [6.07, 6.45) is 3.18. The van der Waals surface area contributed by atoms with Gasteiger partial charge in [-0.25, -0.2) is 0 Å². The largest absolute Gasteiger partial charge is 0.480 e. The molecule has 1 fully saturated rings. The van der Waals surface area contributed by atoms with Crippen molar-refractivity contribution >= 4 is 5.97 Å². The molecule has 4 heteroatoms. The lowest BCUT2D eigenvalue weighted by atomic mass is 9.92. The van der Waals surface area contributed by atoms with Crippen molar-refractivity contribution in [2.45, 2.75) is 31.2 Å². The highest BCUT2D eigenvalue weighted by Crippen LogP contribution is 2.51. The van der Waals surface area contributed by atoms with Gasteiger partial charge in [0.15, 0.2) is 0 Å². The van der Waals surface area contributed by atoms with Gasteiger partial charge >= 0.3 is 5.97 Å². The summed E-state index contributed by atoms with van der Waals surface area (Å²) in [6, 6.07) is 0.983. The van der Waals surface area contributed by atoms with Crippen LogP contribution in [0.4, 0.5) is 0 Å². The van der Waals surface area contributed by atoms with Crippen LogP contribution >= 0.6 is 0 Å². The molecule has 0 spiro atoms. The first-order chi connectivity index (χ1) is 6.58. The van der Waals surface area contributed by atoms with E-state index in [1.807, 2.05) is 13.0 Å². The van der Waals surface area contributed by atoms with Gasteiger partial charge in [0.25, 0.3) is 0 Å². The van der Waals surface area contributed by atoms with Crippen LogP contribution in [0.25, 0.3) is 0 Å². The lowest BCUT2D eigenvalue weighted by Gasteiger charge is -2.17. The first-order valence-corrected chi connectivity index (χ1v) is 4.61. The predicted octanol–water partition coefficient (Wildman–Crippen LogP) is 1.03. The minimum Gasteiger partial charge on any atom is -0.480 e. The molecule has 1 aliphatic carbocycles. The van der Waals surface area contributed by atoms with Gasteiger partial charge in [-0.05, 0) is 31.4 Å². The Labute approximate surface area is 81.7 Å². The molecule has 1 atom stereocenters. The Hall–Kier alpha value is -1.29. The Morgan fingerprint density at radius 3 is 2.71 bits per heavy atom. The third kappa shape index (κ3) is 1.14. The van der Waals surface area contributed by atoms with Crippen molar-refractivity contribution < 1.29 is 14.3 Å². The summed E-state index contributed by atoms with van der Waals surface area (Å²) in [4.78, 5) is 10.8. The van der Waals surface area contributed by atoms with Gasteiger partial charge in [0.1, 0.15) is 11.8 Å². The van der Waals surface area contributed by atoms with Crippen molar-refractivity contribution in [2.75, 3.05) is 0 Å². The second-order valence-electron chi connectivity index (χ2n) is 3.90. The van der Waals surface area contributed by atoms with Gasteiger partial charge < -0.3 is 15.3 Å². The molecular formula is C10H13NO3. The quantitative estimate of drug-likeness (QED) is 0.755. The molecule has 0 amide bonds. The fourth-order valence-corrected chi connectivity index (χ4v) is 1.93. The van der Waals surface area contributed by atoms with Crippen LogP contribution in [0.5, 0.6) is 0 Å². The van der Waals surface area contributed by atoms with E-state index in [0.29, 0.717) is 0 Å². The second-order valence-corrected chi connectivity index (χ2v) is 3.90. The highest BCUT2D eigenvalue weighted by molar-refractivity contribution is 5.76. The predicted molar refractivity (Wildman–Crippen MR) is 50.0 cm³/mol. The van der Waals surface area contributed by atoms with Crippen LogP contribution in [0.1, 0.15) is 24.2 Å². The first-order valence-electron chi connectivity index (χ1n) is 4.61. The van der Waals surface area contributed by atoms with E-state index < -0.39 is 17.4 Å². The zero-order chi connectivity index (χ0) is 10.3. The molecule has 0 saturated heterocycles. The smallest absolute Gasteiger partial charge is 0.321 e. The molecule has 1 heterocycles. The Kier molecular flexibility index (Phi) is 1.89. The fourth-order valence-electron chi connectivity index (χ4n) is 1.93. The number of nitrogens with two attached hydrogens (primary N) is 1. The van der Waals surface area contributed by atoms with E-state index in [1.54, 1.807) is 6.26 Å². The van der Waals surface area contributed by atoms with Crippen molar-refractivity contribution in [1.82, 2.24) is 0 Å². The molecule has 1 aromatic rings. The Bertz CT molecular complexity index is 365. The summed E-state index contributed by atoms with van der Waals surface area (Å²) in [7, 11) is 0. The van der Waals surface area contributed by atoms with E-state index >= 15 is 0 Å². The Balaban J connectivity index is 2.34. The maximum absolute atomic E-state index is 10.8. The molecule has 0 aromatic carbocycles. The lowest BCUT2D eigenvalue weighted by Crippen LogP contribution is -2.42. The summed E-state index contributed by atoms with van der Waals surface area (Å²) in [6.45, 7) is 1.91. The summed E-state index contributed by atoms with van der Waals surface area (Å²) in [5, 5.41) is 8.88. The number of carboxylic acid groups (broad SMARTS) is 1. The van der Waals surface area contributed by atoms with Gasteiger partial charge in [-0.1, -0.05) is 0 Å². The van der Waals surface area contributed by atoms with E-state index in [1.165, 1.54) is 0 Å². The van der Waals surface area contributed by atoms with Crippen LogP contribution in [0.3, 0.4) is 0 Å². The van der Waals surface area contributed by atoms with Crippen LogP contribution in [0.2, 0.25) is 0 Å². The minimum absolute atomic E-state index is 0.445. The van der Waals surface area contributed by atoms with Crippen LogP contribution in [-0.4, -0.2) is 17.1 Å². The molecule has 3 N–H and O–H groups in total. The average Bonchev–Trinajstić information content (AvgIpc) is 2.83. The Morgan fingerprint density at radius 1 is 1.71 bits per heavy atom. The zero-order valence-electron chi connectivity index (χ0n) is 7.99. The zero-order valence-corrected chi connectivity index (χ0v) is 7.99. The minimum atomic E-state index is -0.960. The highest BCUT2D eigenvalue weighted by Gasteiger charge is 2.55. The van der Waals surface area contributed by atoms with Crippen molar-refractivity contribution in [3.63, 3.8) is 0 Å². The SMILES string of the molecule is Cc1ccoc1C1(C(N)C(=O)O)CC1. The number of carbonyl (C=O) groups is 1. The topological polar surface area (TPSA) is 76.5 Å². The molecule has 14 heavy (non-hydrogen) atoms. The molecule has 1 aliphatic rings. The molecule has 1 aromatic heterocycles. The number of hydrogen-bond donors (Lipinski definition) is 2. The summed E-state index contributed by atoms with van der Waals surface area (Å²) in [5.41, 5.74) is 6.20. The van der Waals surface area contributed by atoms with Crippen molar-refractivity contribution in [3.05, 3.63) is 23.7 Å². The second kappa shape index (κ2) is 2.85. The van der Waals surface area contributed by atoms with Crippen molar-refractivity contribution in [3.8, 4) is 0 Å². The molecule has 1 unspecified atom stereocenters. The molecular weight excluding hydrogens is 182 g/mol. The Morgan fingerprint density at radius 2 is 2.36 bits per heavy atom. The van der Waals surface area contributed by atoms with Crippen LogP contribution in [-0.2, 0) is 10.2 Å². The molecule has 0 radical (unpaired) electrons. The monoisotopic (exact) mass is 195 g/mol. The molecule has 0 aliphatic heterocycles. The van der Waals surface area contributed by atoms with Gasteiger partial charge in [0, 0.05) is 0 Å². The standard InChI is InChI=1S/C10H13NO3/c1-6-2-5-14-8(6)10(3-4-10)7(11)9(12)13/h2,5,7H,3-4,11H2,1H3,(H,12,13). The number of hydrogen-bond acceptors (Lipinski definition) is 3. The first kappa shape index (κ1) is 9.27. The maximum Gasteiger partial charge on any atom is 0.321 e. The van der Waals surface area contributed by atoms with Gasteiger partial charge in [-0.15, -0.1) is 0 Å². The number of aryl methyl sites for hydroxylation is 1. The normalized spacial score (nSPS) is 20.4. The van der Waals surface area contributed by atoms with E-state index in [0.717, 1.165) is 24.2 Å². The van der Waals surface area contributed by atoms with E-state index in [9.17, 15) is 4.79 Å². The molecule has 1 saturated carbocycles.